The van der Waals surface area contributed by atoms with Gasteiger partial charge in [-0.1, -0.05) is 24.6 Å². The van der Waals surface area contributed by atoms with Gasteiger partial charge in [0.05, 0.1) is 10.8 Å². The van der Waals surface area contributed by atoms with E-state index in [9.17, 15) is 0 Å². The van der Waals surface area contributed by atoms with Crippen LogP contribution in [0, 0.1) is 40.7 Å². The molecule has 0 atom stereocenters. The molecule has 0 aliphatic carbocycles. The molecule has 4 rings (SSSR count). The van der Waals surface area contributed by atoms with Crippen LogP contribution in [0.3, 0.4) is 0 Å². The number of benzene rings is 2. The van der Waals surface area contributed by atoms with Gasteiger partial charge in [0, 0.05) is 31.3 Å². The zero-order valence-electron chi connectivity index (χ0n) is 15.3. The normalized spacial score (nSPS) is 11.0. The number of thiazole rings is 1. The van der Waals surface area contributed by atoms with E-state index in [-0.39, 0.29) is 20.1 Å². The average molecular weight is 540 g/mol. The molecular weight excluding hydrogens is 521 g/mol. The number of rotatable bonds is 2. The maximum absolute atomic E-state index is 4.67. The summed E-state index contributed by atoms with van der Waals surface area (Å²) in [5.41, 5.74) is 7.89. The summed E-state index contributed by atoms with van der Waals surface area (Å²) in [6.07, 6.45) is 1.78. The number of hydrogen-bond acceptors (Lipinski definition) is 4. The van der Waals surface area contributed by atoms with E-state index in [1.165, 1.54) is 16.7 Å². The van der Waals surface area contributed by atoms with Crippen LogP contribution in [0.5, 0.6) is 0 Å². The van der Waals surface area contributed by atoms with Crippen molar-refractivity contribution in [3.05, 3.63) is 57.9 Å². The molecule has 0 N–H and O–H groups in total. The predicted molar refractivity (Wildman–Crippen MR) is 102 cm³/mol. The molecule has 4 aromatic rings. The van der Waals surface area contributed by atoms with Gasteiger partial charge in [0.1, 0.15) is 6.33 Å². The Morgan fingerprint density at radius 1 is 1.04 bits per heavy atom. The first-order chi connectivity index (χ1) is 12.0. The molecule has 2 aromatic heterocycles. The van der Waals surface area contributed by atoms with E-state index >= 15 is 0 Å². The fourth-order valence-electron chi connectivity index (χ4n) is 3.53. The summed E-state index contributed by atoms with van der Waals surface area (Å²) < 4.78 is 3.22. The first-order valence-corrected chi connectivity index (χ1v) is 9.04. The number of aromatic nitrogens is 4. The van der Waals surface area contributed by atoms with E-state index in [0.29, 0.717) is 0 Å². The second kappa shape index (κ2) is 7.03. The predicted octanol–water partition coefficient (Wildman–Crippen LogP) is 4.88. The van der Waals surface area contributed by atoms with Crippen LogP contribution >= 0.6 is 11.3 Å². The monoisotopic (exact) mass is 540 g/mol. The minimum atomic E-state index is 0. The standard InChI is InChI=1S/C20H19N4S.Ir/c1-11-8-12(2)19(13(3)9-11)24-10-21-23-20(24)16-6-7-17-18(14(16)4)22-15(5)25-17;/h7-10H,1-5H3;/q-1;. The topological polar surface area (TPSA) is 43.6 Å². The van der Waals surface area contributed by atoms with Crippen molar-refractivity contribution in [3.8, 4) is 17.1 Å². The second-order valence-corrected chi connectivity index (χ2v) is 7.74. The first-order valence-electron chi connectivity index (χ1n) is 8.22. The Labute approximate surface area is 170 Å². The molecule has 0 bridgehead atoms. The zero-order chi connectivity index (χ0) is 17.7. The number of aryl methyl sites for hydroxylation is 5. The second-order valence-electron chi connectivity index (χ2n) is 6.51. The molecule has 6 heteroatoms. The van der Waals surface area contributed by atoms with Gasteiger partial charge < -0.3 is 4.57 Å². The maximum Gasteiger partial charge on any atom is 0.114 e. The van der Waals surface area contributed by atoms with Crippen molar-refractivity contribution in [2.75, 3.05) is 0 Å². The van der Waals surface area contributed by atoms with Gasteiger partial charge >= 0.3 is 0 Å². The molecule has 0 spiro atoms. The summed E-state index contributed by atoms with van der Waals surface area (Å²) in [6, 6.07) is 9.79. The molecule has 4 nitrogen and oxygen atoms in total. The molecule has 1 radical (unpaired) electrons. The Morgan fingerprint density at radius 3 is 2.42 bits per heavy atom. The summed E-state index contributed by atoms with van der Waals surface area (Å²) in [6.45, 7) is 10.5. The van der Waals surface area contributed by atoms with Crippen LogP contribution in [-0.2, 0) is 20.1 Å². The van der Waals surface area contributed by atoms with E-state index in [0.717, 1.165) is 37.9 Å². The zero-order valence-corrected chi connectivity index (χ0v) is 18.6. The molecule has 0 aliphatic heterocycles. The summed E-state index contributed by atoms with van der Waals surface area (Å²) in [5, 5.41) is 9.65. The summed E-state index contributed by atoms with van der Waals surface area (Å²) >= 11 is 1.69. The van der Waals surface area contributed by atoms with Crippen LogP contribution in [0.15, 0.2) is 24.5 Å². The van der Waals surface area contributed by atoms with Crippen LogP contribution in [0.25, 0.3) is 27.3 Å². The summed E-state index contributed by atoms with van der Waals surface area (Å²) in [4.78, 5) is 4.67. The SMILES string of the molecule is Cc1cc(C)c(-n2cnnc2-c2[c-]cc3sc(C)nc3c2C)c(C)c1.[Ir]. The van der Waals surface area contributed by atoms with Crippen molar-refractivity contribution in [2.45, 2.75) is 34.6 Å². The Hall–Kier alpha value is -1.88. The van der Waals surface area contributed by atoms with Crippen LogP contribution in [0.4, 0.5) is 0 Å². The molecule has 0 fully saturated rings. The fraction of sp³-hybridized carbons (Fsp3) is 0.250. The van der Waals surface area contributed by atoms with Gasteiger partial charge in [-0.2, -0.15) is 16.4 Å². The average Bonchev–Trinajstić information content (AvgIpc) is 3.13. The Kier molecular flexibility index (Phi) is 5.11. The third-order valence-electron chi connectivity index (χ3n) is 4.49. The van der Waals surface area contributed by atoms with Crippen molar-refractivity contribution in [2.24, 2.45) is 0 Å². The van der Waals surface area contributed by atoms with Crippen LogP contribution in [0.1, 0.15) is 27.3 Å². The molecule has 0 saturated carbocycles. The molecular formula is C20H19IrN4S-. The van der Waals surface area contributed by atoms with Crippen molar-refractivity contribution < 1.29 is 20.1 Å². The van der Waals surface area contributed by atoms with Crippen molar-refractivity contribution in [1.82, 2.24) is 19.7 Å². The number of hydrogen-bond donors (Lipinski definition) is 0. The van der Waals surface area contributed by atoms with Crippen LogP contribution in [0.2, 0.25) is 0 Å². The Morgan fingerprint density at radius 2 is 1.73 bits per heavy atom. The van der Waals surface area contributed by atoms with Crippen molar-refractivity contribution >= 4 is 21.6 Å². The molecule has 26 heavy (non-hydrogen) atoms. The third kappa shape index (κ3) is 3.02. The first kappa shape index (κ1) is 18.9. The molecule has 2 aromatic carbocycles. The molecule has 0 saturated heterocycles. The van der Waals surface area contributed by atoms with Crippen molar-refractivity contribution in [1.29, 1.82) is 0 Å². The van der Waals surface area contributed by atoms with Crippen LogP contribution < -0.4 is 0 Å². The third-order valence-corrected chi connectivity index (χ3v) is 5.40. The molecule has 0 unspecified atom stereocenters. The number of fused-ring (bicyclic) bond motifs is 1. The largest absolute Gasteiger partial charge is 0.322 e. The maximum atomic E-state index is 4.67. The number of nitrogens with zero attached hydrogens (tertiary/aromatic N) is 4. The molecule has 2 heterocycles. The molecule has 135 valence electrons. The van der Waals surface area contributed by atoms with Gasteiger partial charge in [0.25, 0.3) is 0 Å². The van der Waals surface area contributed by atoms with Crippen LogP contribution in [-0.4, -0.2) is 19.7 Å². The van der Waals surface area contributed by atoms with E-state index in [2.05, 4.69) is 65.6 Å². The Bertz CT molecular complexity index is 1090. The smallest absolute Gasteiger partial charge is 0.114 e. The van der Waals surface area contributed by atoms with Gasteiger partial charge in [-0.05, 0) is 43.5 Å². The van der Waals surface area contributed by atoms with E-state index < -0.39 is 0 Å². The van der Waals surface area contributed by atoms with Gasteiger partial charge in [0.2, 0.25) is 0 Å². The van der Waals surface area contributed by atoms with Gasteiger partial charge in [-0.25, -0.2) is 0 Å². The van der Waals surface area contributed by atoms with E-state index in [1.807, 2.05) is 13.0 Å². The molecule has 0 amide bonds. The van der Waals surface area contributed by atoms with Gasteiger partial charge in [0.15, 0.2) is 0 Å². The van der Waals surface area contributed by atoms with E-state index in [4.69, 9.17) is 0 Å². The van der Waals surface area contributed by atoms with Gasteiger partial charge in [-0.3, -0.25) is 4.98 Å². The molecule has 0 aliphatic rings. The van der Waals surface area contributed by atoms with E-state index in [1.54, 1.807) is 17.7 Å². The quantitative estimate of drug-likeness (QED) is 0.341. The van der Waals surface area contributed by atoms with Crippen molar-refractivity contribution in [3.63, 3.8) is 0 Å². The van der Waals surface area contributed by atoms with Gasteiger partial charge in [-0.15, -0.1) is 28.4 Å². The minimum Gasteiger partial charge on any atom is -0.322 e. The fourth-order valence-corrected chi connectivity index (χ4v) is 4.40. The summed E-state index contributed by atoms with van der Waals surface area (Å²) in [5.74, 6) is 0.806. The minimum absolute atomic E-state index is 0. The Balaban J connectivity index is 0.00000196. The summed E-state index contributed by atoms with van der Waals surface area (Å²) in [7, 11) is 0.